The lowest BCUT2D eigenvalue weighted by atomic mass is 9.63. The fourth-order valence-electron chi connectivity index (χ4n) is 4.84. The summed E-state index contributed by atoms with van der Waals surface area (Å²) in [5.74, 6) is 0.0828. The molecule has 6 heteroatoms. The van der Waals surface area contributed by atoms with E-state index >= 15 is 0 Å². The molecule has 2 bridgehead atoms. The molecule has 24 heavy (non-hydrogen) atoms. The number of allylic oxidation sites excluding steroid dienone is 2. The zero-order valence-electron chi connectivity index (χ0n) is 13.9. The highest BCUT2D eigenvalue weighted by Gasteiger charge is 2.56. The minimum absolute atomic E-state index is 0.0312. The maximum atomic E-state index is 12.7. The smallest absolute Gasteiger partial charge is 0.317 e. The van der Waals surface area contributed by atoms with Crippen LogP contribution in [0.5, 0.6) is 0 Å². The third kappa shape index (κ3) is 2.52. The molecule has 0 aromatic heterocycles. The summed E-state index contributed by atoms with van der Waals surface area (Å²) in [6.45, 7) is 2.23. The number of amides is 4. The molecule has 3 aliphatic carbocycles. The van der Waals surface area contributed by atoms with Gasteiger partial charge in [0, 0.05) is 26.2 Å². The molecule has 0 aromatic carbocycles. The van der Waals surface area contributed by atoms with Gasteiger partial charge < -0.3 is 10.2 Å². The molecule has 1 saturated carbocycles. The standard InChI is InChI=1S/C18H25N3O3/c22-16-14-12-4-5-13(7-6-12)15(14)17(23)21(16)11-8-19-18(24)20-9-2-1-3-10-20/h4-5,12-15H,1-3,6-11H2,(H,19,24)/t12-,13-,14+,15+/m0/s1. The Hall–Kier alpha value is -1.85. The van der Waals surface area contributed by atoms with Crippen molar-refractivity contribution in [3.63, 3.8) is 0 Å². The van der Waals surface area contributed by atoms with E-state index in [1.807, 2.05) is 4.90 Å². The van der Waals surface area contributed by atoms with Crippen molar-refractivity contribution in [3.05, 3.63) is 12.2 Å². The summed E-state index contributed by atoms with van der Waals surface area (Å²) in [5.41, 5.74) is 0. The molecule has 0 spiro atoms. The average Bonchev–Trinajstić information content (AvgIpc) is 2.90. The molecule has 0 aromatic rings. The van der Waals surface area contributed by atoms with Crippen molar-refractivity contribution in [1.82, 2.24) is 15.1 Å². The van der Waals surface area contributed by atoms with Crippen LogP contribution in [0.25, 0.3) is 0 Å². The van der Waals surface area contributed by atoms with Crippen LogP contribution < -0.4 is 5.32 Å². The number of hydrogen-bond donors (Lipinski definition) is 1. The first-order valence-corrected chi connectivity index (χ1v) is 9.23. The molecule has 1 N–H and O–H groups in total. The van der Waals surface area contributed by atoms with Crippen LogP contribution in [0.4, 0.5) is 4.79 Å². The van der Waals surface area contributed by atoms with Gasteiger partial charge in [0.05, 0.1) is 11.8 Å². The number of fused-ring (bicyclic) bond motifs is 1. The molecule has 5 aliphatic rings. The summed E-state index contributed by atoms with van der Waals surface area (Å²) >= 11 is 0. The molecule has 2 heterocycles. The topological polar surface area (TPSA) is 69.7 Å². The maximum Gasteiger partial charge on any atom is 0.317 e. The van der Waals surface area contributed by atoms with Gasteiger partial charge in [-0.2, -0.15) is 0 Å². The van der Waals surface area contributed by atoms with E-state index in [9.17, 15) is 14.4 Å². The van der Waals surface area contributed by atoms with Gasteiger partial charge in [-0.25, -0.2) is 4.79 Å². The minimum Gasteiger partial charge on any atom is -0.336 e. The first kappa shape index (κ1) is 15.7. The van der Waals surface area contributed by atoms with Crippen molar-refractivity contribution in [2.45, 2.75) is 32.1 Å². The minimum atomic E-state index is -0.154. The Balaban J connectivity index is 1.33. The number of rotatable bonds is 3. The molecule has 5 rings (SSSR count). The van der Waals surface area contributed by atoms with E-state index in [0.717, 1.165) is 38.8 Å². The Morgan fingerprint density at radius 2 is 1.58 bits per heavy atom. The van der Waals surface area contributed by atoms with Crippen LogP contribution in [0, 0.1) is 23.7 Å². The zero-order valence-corrected chi connectivity index (χ0v) is 13.9. The van der Waals surface area contributed by atoms with Crippen LogP contribution in [0.3, 0.4) is 0 Å². The predicted molar refractivity (Wildman–Crippen MR) is 87.9 cm³/mol. The summed E-state index contributed by atoms with van der Waals surface area (Å²) in [4.78, 5) is 40.7. The Morgan fingerprint density at radius 3 is 2.12 bits per heavy atom. The zero-order chi connectivity index (χ0) is 16.7. The molecule has 6 nitrogen and oxygen atoms in total. The van der Waals surface area contributed by atoms with E-state index < -0.39 is 0 Å². The number of carbonyl (C=O) groups excluding carboxylic acids is 3. The van der Waals surface area contributed by atoms with E-state index in [2.05, 4.69) is 17.5 Å². The highest BCUT2D eigenvalue weighted by molar-refractivity contribution is 6.06. The van der Waals surface area contributed by atoms with Crippen LogP contribution in [0.15, 0.2) is 12.2 Å². The van der Waals surface area contributed by atoms with Gasteiger partial charge in [0.15, 0.2) is 0 Å². The Morgan fingerprint density at radius 1 is 1.00 bits per heavy atom. The van der Waals surface area contributed by atoms with Crippen LogP contribution >= 0.6 is 0 Å². The van der Waals surface area contributed by atoms with E-state index in [1.165, 1.54) is 11.3 Å². The molecular formula is C18H25N3O3. The SMILES string of the molecule is O=C(NCCN1C(=O)[C@H]2[C@H](C1=O)[C@H]1C=C[C@H]2CC1)N1CCCCC1. The predicted octanol–water partition coefficient (Wildman–Crippen LogP) is 1.38. The number of nitrogens with zero attached hydrogens (tertiary/aromatic N) is 2. The van der Waals surface area contributed by atoms with Gasteiger partial charge in [-0.3, -0.25) is 14.5 Å². The van der Waals surface area contributed by atoms with Crippen LogP contribution in [-0.2, 0) is 9.59 Å². The quantitative estimate of drug-likeness (QED) is 0.627. The molecular weight excluding hydrogens is 306 g/mol. The molecule has 3 fully saturated rings. The third-order valence-electron chi connectivity index (χ3n) is 6.11. The van der Waals surface area contributed by atoms with Crippen molar-refractivity contribution in [1.29, 1.82) is 0 Å². The van der Waals surface area contributed by atoms with Crippen LogP contribution in [-0.4, -0.2) is 53.8 Å². The molecule has 4 amide bonds. The normalized spacial score (nSPS) is 34.7. The third-order valence-corrected chi connectivity index (χ3v) is 6.11. The summed E-state index contributed by atoms with van der Waals surface area (Å²) < 4.78 is 0. The molecule has 130 valence electrons. The van der Waals surface area contributed by atoms with Gasteiger partial charge in [-0.05, 0) is 43.9 Å². The molecule has 2 aliphatic heterocycles. The molecule has 0 unspecified atom stereocenters. The lowest BCUT2D eigenvalue weighted by molar-refractivity contribution is -0.140. The fourth-order valence-corrected chi connectivity index (χ4v) is 4.84. The second-order valence-corrected chi connectivity index (χ2v) is 7.45. The fraction of sp³-hybridized carbons (Fsp3) is 0.722. The van der Waals surface area contributed by atoms with Crippen molar-refractivity contribution in [2.75, 3.05) is 26.2 Å². The van der Waals surface area contributed by atoms with Gasteiger partial charge in [0.1, 0.15) is 0 Å². The monoisotopic (exact) mass is 331 g/mol. The highest BCUT2D eigenvalue weighted by Crippen LogP contribution is 2.49. The number of likely N-dealkylation sites (tertiary alicyclic amines) is 2. The highest BCUT2D eigenvalue weighted by atomic mass is 16.2. The first-order valence-electron chi connectivity index (χ1n) is 9.23. The summed E-state index contributed by atoms with van der Waals surface area (Å²) in [7, 11) is 0. The van der Waals surface area contributed by atoms with Gasteiger partial charge in [-0.1, -0.05) is 12.2 Å². The van der Waals surface area contributed by atoms with Gasteiger partial charge in [0.25, 0.3) is 0 Å². The largest absolute Gasteiger partial charge is 0.336 e. The van der Waals surface area contributed by atoms with Crippen molar-refractivity contribution >= 4 is 17.8 Å². The van der Waals surface area contributed by atoms with Crippen LogP contribution in [0.1, 0.15) is 32.1 Å². The summed E-state index contributed by atoms with van der Waals surface area (Å²) in [5, 5.41) is 2.87. The molecule has 0 radical (unpaired) electrons. The number of carbonyl (C=O) groups is 3. The number of piperidine rings is 1. The molecule has 2 saturated heterocycles. The summed E-state index contributed by atoms with van der Waals surface area (Å²) in [6.07, 6.45) is 9.57. The Bertz CT molecular complexity index is 550. The van der Waals surface area contributed by atoms with E-state index in [0.29, 0.717) is 13.1 Å². The van der Waals surface area contributed by atoms with E-state index in [-0.39, 0.29) is 41.5 Å². The first-order chi connectivity index (χ1) is 11.7. The van der Waals surface area contributed by atoms with E-state index in [4.69, 9.17) is 0 Å². The number of imide groups is 1. The molecule has 4 atom stereocenters. The van der Waals surface area contributed by atoms with Gasteiger partial charge in [0.2, 0.25) is 11.8 Å². The Labute approximate surface area is 142 Å². The second kappa shape index (κ2) is 6.22. The second-order valence-electron chi connectivity index (χ2n) is 7.45. The lowest BCUT2D eigenvalue weighted by Crippen LogP contribution is -2.46. The van der Waals surface area contributed by atoms with Crippen molar-refractivity contribution < 1.29 is 14.4 Å². The maximum absolute atomic E-state index is 12.7. The van der Waals surface area contributed by atoms with Gasteiger partial charge in [-0.15, -0.1) is 0 Å². The van der Waals surface area contributed by atoms with Crippen molar-refractivity contribution in [2.24, 2.45) is 23.7 Å². The number of hydrogen-bond acceptors (Lipinski definition) is 3. The van der Waals surface area contributed by atoms with E-state index in [1.54, 1.807) is 0 Å². The van der Waals surface area contributed by atoms with Crippen molar-refractivity contribution in [3.8, 4) is 0 Å². The number of nitrogens with one attached hydrogen (secondary N) is 1. The Kier molecular flexibility index (Phi) is 4.06. The number of urea groups is 1. The average molecular weight is 331 g/mol. The van der Waals surface area contributed by atoms with Crippen LogP contribution in [0.2, 0.25) is 0 Å². The summed E-state index contributed by atoms with van der Waals surface area (Å²) in [6, 6.07) is -0.0760. The lowest BCUT2D eigenvalue weighted by Gasteiger charge is -2.38. The van der Waals surface area contributed by atoms with Gasteiger partial charge >= 0.3 is 6.03 Å².